The molecule has 0 radical (unpaired) electrons. The number of hydrogen-bond donors (Lipinski definition) is 0. The van der Waals surface area contributed by atoms with Gasteiger partial charge in [-0.2, -0.15) is 0 Å². The first-order valence-corrected chi connectivity index (χ1v) is 13.8. The number of carbonyl (C=O) groups excluding carboxylic acids is 1. The highest BCUT2D eigenvalue weighted by Gasteiger charge is 2.29. The highest BCUT2D eigenvalue weighted by atomic mass is 79.9. The summed E-state index contributed by atoms with van der Waals surface area (Å²) in [4.78, 5) is 34.7. The van der Waals surface area contributed by atoms with Crippen LogP contribution < -0.4 is 15.0 Å². The Bertz CT molecular complexity index is 1550. The van der Waals surface area contributed by atoms with Crippen molar-refractivity contribution in [3.63, 3.8) is 0 Å². The first-order valence-electron chi connectivity index (χ1n) is 12.7. The minimum Gasteiger partial charge on any atom is -0.497 e. The van der Waals surface area contributed by atoms with E-state index in [0.29, 0.717) is 61.4 Å². The van der Waals surface area contributed by atoms with Crippen molar-refractivity contribution in [3.8, 4) is 17.2 Å². The standard InChI is InChI=1S/C30H31BrClN3O4/c1-18(2)14-15-34(29(36)20-10-12-21(32)13-11-20)19(3)28-33-24-9-7-6-8-23(24)30(37)35(28)25-16-22(38-4)17-26(39-5)27(25)31/h6-13,16-19H,14-15H2,1-5H3. The van der Waals surface area contributed by atoms with Gasteiger partial charge in [0.05, 0.1) is 41.3 Å². The lowest BCUT2D eigenvalue weighted by molar-refractivity contribution is 0.0671. The van der Waals surface area contributed by atoms with Crippen LogP contribution in [0.2, 0.25) is 5.02 Å². The van der Waals surface area contributed by atoms with Crippen molar-refractivity contribution in [1.82, 2.24) is 14.5 Å². The van der Waals surface area contributed by atoms with Crippen LogP contribution >= 0.6 is 27.5 Å². The monoisotopic (exact) mass is 611 g/mol. The summed E-state index contributed by atoms with van der Waals surface area (Å²) >= 11 is 9.71. The van der Waals surface area contributed by atoms with Crippen LogP contribution in [0.4, 0.5) is 0 Å². The summed E-state index contributed by atoms with van der Waals surface area (Å²) in [6.45, 7) is 6.59. The Morgan fingerprint density at radius 3 is 2.38 bits per heavy atom. The number of fused-ring (bicyclic) bond motifs is 1. The minimum atomic E-state index is -0.562. The Labute approximate surface area is 241 Å². The van der Waals surface area contributed by atoms with Gasteiger partial charge in [-0.05, 0) is 71.6 Å². The Hall–Kier alpha value is -3.36. The molecule has 0 spiro atoms. The average molecular weight is 613 g/mol. The van der Waals surface area contributed by atoms with Gasteiger partial charge in [-0.25, -0.2) is 4.98 Å². The first kappa shape index (κ1) is 28.6. The van der Waals surface area contributed by atoms with E-state index in [1.807, 2.05) is 13.0 Å². The molecule has 4 aromatic rings. The molecule has 1 atom stereocenters. The number of benzene rings is 3. The molecule has 0 fully saturated rings. The third-order valence-corrected chi connectivity index (χ3v) is 7.68. The number of aromatic nitrogens is 2. The fourth-order valence-corrected chi connectivity index (χ4v) is 5.11. The molecular formula is C30H31BrClN3O4. The first-order chi connectivity index (χ1) is 18.7. The second-order valence-corrected chi connectivity index (χ2v) is 10.9. The number of ether oxygens (including phenoxy) is 2. The number of hydrogen-bond acceptors (Lipinski definition) is 5. The zero-order valence-corrected chi connectivity index (χ0v) is 24.9. The summed E-state index contributed by atoms with van der Waals surface area (Å²) in [7, 11) is 3.10. The lowest BCUT2D eigenvalue weighted by Crippen LogP contribution is -2.38. The summed E-state index contributed by atoms with van der Waals surface area (Å²) in [5.74, 6) is 1.62. The predicted molar refractivity (Wildman–Crippen MR) is 159 cm³/mol. The van der Waals surface area contributed by atoms with Crippen molar-refractivity contribution in [2.24, 2.45) is 5.92 Å². The fourth-order valence-electron chi connectivity index (χ4n) is 4.42. The SMILES string of the molecule is COc1cc(OC)c(Br)c(-n2c(C(C)N(CCC(C)C)C(=O)c3ccc(Cl)cc3)nc3ccccc3c2=O)c1. The number of rotatable bonds is 9. The second kappa shape index (κ2) is 12.2. The Balaban J connectivity index is 1.97. The van der Waals surface area contributed by atoms with Gasteiger partial charge in [0.25, 0.3) is 11.5 Å². The summed E-state index contributed by atoms with van der Waals surface area (Å²) in [6, 6.07) is 16.9. The molecule has 4 rings (SSSR count). The van der Waals surface area contributed by atoms with Gasteiger partial charge in [-0.15, -0.1) is 0 Å². The zero-order chi connectivity index (χ0) is 28.3. The van der Waals surface area contributed by atoms with Crippen LogP contribution in [-0.2, 0) is 0 Å². The Morgan fingerprint density at radius 2 is 1.74 bits per heavy atom. The normalized spacial score (nSPS) is 12.0. The molecule has 1 unspecified atom stereocenters. The molecular weight excluding hydrogens is 582 g/mol. The molecule has 0 aliphatic carbocycles. The molecule has 1 heterocycles. The van der Waals surface area contributed by atoms with Crippen LogP contribution in [0.3, 0.4) is 0 Å². The van der Waals surface area contributed by atoms with Gasteiger partial charge in [-0.1, -0.05) is 37.6 Å². The molecule has 1 amide bonds. The number of nitrogens with zero attached hydrogens (tertiary/aromatic N) is 3. The Morgan fingerprint density at radius 1 is 1.05 bits per heavy atom. The van der Waals surface area contributed by atoms with E-state index in [0.717, 1.165) is 6.42 Å². The summed E-state index contributed by atoms with van der Waals surface area (Å²) in [5.41, 5.74) is 1.29. The van der Waals surface area contributed by atoms with E-state index in [9.17, 15) is 9.59 Å². The van der Waals surface area contributed by atoms with Gasteiger partial charge in [0.2, 0.25) is 0 Å². The van der Waals surface area contributed by atoms with Crippen LogP contribution in [-0.4, -0.2) is 41.1 Å². The zero-order valence-electron chi connectivity index (χ0n) is 22.6. The average Bonchev–Trinajstić information content (AvgIpc) is 2.93. The van der Waals surface area contributed by atoms with Gasteiger partial charge < -0.3 is 14.4 Å². The van der Waals surface area contributed by atoms with E-state index < -0.39 is 6.04 Å². The van der Waals surface area contributed by atoms with E-state index in [4.69, 9.17) is 26.1 Å². The van der Waals surface area contributed by atoms with Gasteiger partial charge in [-0.3, -0.25) is 14.2 Å². The molecule has 3 aromatic carbocycles. The van der Waals surface area contributed by atoms with Gasteiger partial charge in [0.1, 0.15) is 17.3 Å². The molecule has 204 valence electrons. The van der Waals surface area contributed by atoms with Crippen LogP contribution in [0.25, 0.3) is 16.6 Å². The van der Waals surface area contributed by atoms with Crippen molar-refractivity contribution in [2.45, 2.75) is 33.2 Å². The predicted octanol–water partition coefficient (Wildman–Crippen LogP) is 7.07. The van der Waals surface area contributed by atoms with E-state index >= 15 is 0 Å². The molecule has 0 saturated heterocycles. The second-order valence-electron chi connectivity index (χ2n) is 9.65. The summed E-state index contributed by atoms with van der Waals surface area (Å²) in [6.07, 6.45) is 0.776. The maximum atomic E-state index is 14.1. The molecule has 0 N–H and O–H groups in total. The van der Waals surface area contributed by atoms with Gasteiger partial charge in [0.15, 0.2) is 0 Å². The number of amides is 1. The minimum absolute atomic E-state index is 0.170. The van der Waals surface area contributed by atoms with Crippen molar-refractivity contribution in [2.75, 3.05) is 20.8 Å². The molecule has 0 bridgehead atoms. The van der Waals surface area contributed by atoms with Crippen LogP contribution in [0.15, 0.2) is 69.9 Å². The van der Waals surface area contributed by atoms with E-state index in [2.05, 4.69) is 29.8 Å². The molecule has 0 saturated carbocycles. The number of halogens is 2. The van der Waals surface area contributed by atoms with Crippen molar-refractivity contribution in [3.05, 3.63) is 91.9 Å². The molecule has 0 aliphatic rings. The topological polar surface area (TPSA) is 73.7 Å². The van der Waals surface area contributed by atoms with Crippen molar-refractivity contribution >= 4 is 44.3 Å². The van der Waals surface area contributed by atoms with Gasteiger partial charge >= 0.3 is 0 Å². The van der Waals surface area contributed by atoms with Crippen LogP contribution in [0.5, 0.6) is 11.5 Å². The number of carbonyl (C=O) groups is 1. The maximum absolute atomic E-state index is 14.1. The lowest BCUT2D eigenvalue weighted by atomic mass is 10.1. The number of methoxy groups -OCH3 is 2. The quantitative estimate of drug-likeness (QED) is 0.202. The third kappa shape index (κ3) is 5.97. The highest BCUT2D eigenvalue weighted by molar-refractivity contribution is 9.10. The van der Waals surface area contributed by atoms with Crippen LogP contribution in [0.1, 0.15) is 49.4 Å². The molecule has 7 nitrogen and oxygen atoms in total. The van der Waals surface area contributed by atoms with Crippen LogP contribution in [0, 0.1) is 5.92 Å². The largest absolute Gasteiger partial charge is 0.497 e. The van der Waals surface area contributed by atoms with Gasteiger partial charge in [0, 0.05) is 29.3 Å². The highest BCUT2D eigenvalue weighted by Crippen LogP contribution is 2.37. The molecule has 9 heteroatoms. The van der Waals surface area contributed by atoms with E-state index in [1.165, 1.54) is 0 Å². The van der Waals surface area contributed by atoms with Crippen molar-refractivity contribution in [1.29, 1.82) is 0 Å². The van der Waals surface area contributed by atoms with E-state index in [-0.39, 0.29) is 11.5 Å². The fraction of sp³-hybridized carbons (Fsp3) is 0.300. The van der Waals surface area contributed by atoms with Crippen molar-refractivity contribution < 1.29 is 14.3 Å². The smallest absolute Gasteiger partial charge is 0.266 e. The maximum Gasteiger partial charge on any atom is 0.266 e. The number of para-hydroxylation sites is 1. The lowest BCUT2D eigenvalue weighted by Gasteiger charge is -2.31. The molecule has 1 aromatic heterocycles. The Kier molecular flexibility index (Phi) is 8.97. The third-order valence-electron chi connectivity index (χ3n) is 6.63. The molecule has 39 heavy (non-hydrogen) atoms. The molecule has 0 aliphatic heterocycles. The van der Waals surface area contributed by atoms with E-state index in [1.54, 1.807) is 78.3 Å². The summed E-state index contributed by atoms with van der Waals surface area (Å²) in [5, 5.41) is 1.01. The summed E-state index contributed by atoms with van der Waals surface area (Å²) < 4.78 is 13.2.